The minimum absolute atomic E-state index is 0.273. The lowest BCUT2D eigenvalue weighted by molar-refractivity contribution is 0.251. The molecule has 0 N–H and O–H groups in total. The summed E-state index contributed by atoms with van der Waals surface area (Å²) in [5, 5.41) is 0. The quantitative estimate of drug-likeness (QED) is 0.447. The first-order chi connectivity index (χ1) is 5.27. The van der Waals surface area contributed by atoms with E-state index in [-0.39, 0.29) is 5.60 Å². The maximum Gasteiger partial charge on any atom is 0.106 e. The van der Waals surface area contributed by atoms with Crippen LogP contribution in [0.25, 0.3) is 0 Å². The number of epoxide rings is 1. The van der Waals surface area contributed by atoms with Gasteiger partial charge in [0, 0.05) is 0 Å². The average molecular weight is 152 g/mol. The van der Waals surface area contributed by atoms with E-state index in [0.29, 0.717) is 6.10 Å². The van der Waals surface area contributed by atoms with E-state index in [0.717, 1.165) is 12.3 Å². The molecular weight excluding hydrogens is 136 g/mol. The number of rotatable bonds is 3. The molecule has 2 aliphatic rings. The van der Waals surface area contributed by atoms with E-state index in [2.05, 4.69) is 26.0 Å². The van der Waals surface area contributed by atoms with Crippen LogP contribution in [-0.4, -0.2) is 11.7 Å². The van der Waals surface area contributed by atoms with Crippen LogP contribution < -0.4 is 0 Å². The van der Waals surface area contributed by atoms with Crippen molar-refractivity contribution in [1.29, 1.82) is 0 Å². The van der Waals surface area contributed by atoms with Gasteiger partial charge in [0.1, 0.15) is 11.7 Å². The van der Waals surface area contributed by atoms with Gasteiger partial charge in [0.25, 0.3) is 0 Å². The summed E-state index contributed by atoms with van der Waals surface area (Å²) >= 11 is 0. The molecule has 0 aromatic rings. The molecule has 1 saturated heterocycles. The normalized spacial score (nSPS) is 42.2. The highest BCUT2D eigenvalue weighted by Gasteiger charge is 2.56. The van der Waals surface area contributed by atoms with Gasteiger partial charge < -0.3 is 4.74 Å². The predicted octanol–water partition coefficient (Wildman–Crippen LogP) is 2.52. The minimum atomic E-state index is 0.273. The molecule has 0 bridgehead atoms. The molecule has 62 valence electrons. The minimum Gasteiger partial charge on any atom is -0.361 e. The Morgan fingerprint density at radius 2 is 2.55 bits per heavy atom. The number of hydrogen-bond donors (Lipinski definition) is 0. The highest BCUT2D eigenvalue weighted by Crippen LogP contribution is 2.49. The van der Waals surface area contributed by atoms with E-state index in [1.54, 1.807) is 0 Å². The summed E-state index contributed by atoms with van der Waals surface area (Å²) in [4.78, 5) is 0. The van der Waals surface area contributed by atoms with Crippen molar-refractivity contribution in [3.63, 3.8) is 0 Å². The summed E-state index contributed by atoms with van der Waals surface area (Å²) in [5.41, 5.74) is 0.273. The van der Waals surface area contributed by atoms with Crippen LogP contribution in [-0.2, 0) is 4.74 Å². The van der Waals surface area contributed by atoms with Crippen molar-refractivity contribution in [2.45, 2.75) is 44.8 Å². The Kier molecular flexibility index (Phi) is 1.57. The fourth-order valence-corrected chi connectivity index (χ4v) is 1.97. The first-order valence-electron chi connectivity index (χ1n) is 4.61. The lowest BCUT2D eigenvalue weighted by Crippen LogP contribution is -2.14. The highest BCUT2D eigenvalue weighted by atomic mass is 16.6. The molecule has 1 fully saturated rings. The van der Waals surface area contributed by atoms with Gasteiger partial charge in [-0.15, -0.1) is 0 Å². The first kappa shape index (κ1) is 7.35. The van der Waals surface area contributed by atoms with Crippen LogP contribution >= 0.6 is 0 Å². The van der Waals surface area contributed by atoms with Crippen molar-refractivity contribution >= 4 is 0 Å². The van der Waals surface area contributed by atoms with Crippen molar-refractivity contribution in [2.75, 3.05) is 0 Å². The smallest absolute Gasteiger partial charge is 0.106 e. The second-order valence-corrected chi connectivity index (χ2v) is 3.95. The van der Waals surface area contributed by atoms with Crippen LogP contribution in [0.4, 0.5) is 0 Å². The van der Waals surface area contributed by atoms with Gasteiger partial charge in [0.2, 0.25) is 0 Å². The largest absolute Gasteiger partial charge is 0.361 e. The molecule has 1 heteroatoms. The van der Waals surface area contributed by atoms with Crippen molar-refractivity contribution in [3.8, 4) is 0 Å². The summed E-state index contributed by atoms with van der Waals surface area (Å²) in [5.74, 6) is 0.819. The topological polar surface area (TPSA) is 12.5 Å². The second-order valence-electron chi connectivity index (χ2n) is 3.95. The van der Waals surface area contributed by atoms with Crippen LogP contribution in [0.3, 0.4) is 0 Å². The third-order valence-corrected chi connectivity index (χ3v) is 2.99. The number of fused-ring (bicyclic) bond motifs is 1. The van der Waals surface area contributed by atoms with E-state index in [1.165, 1.54) is 12.8 Å². The molecule has 1 nitrogen and oxygen atoms in total. The third kappa shape index (κ3) is 1.12. The van der Waals surface area contributed by atoms with Gasteiger partial charge in [-0.25, -0.2) is 0 Å². The summed E-state index contributed by atoms with van der Waals surface area (Å²) < 4.78 is 5.63. The predicted molar refractivity (Wildman–Crippen MR) is 45.4 cm³/mol. The van der Waals surface area contributed by atoms with Gasteiger partial charge in [-0.1, -0.05) is 32.4 Å². The lowest BCUT2D eigenvalue weighted by Gasteiger charge is -2.12. The van der Waals surface area contributed by atoms with Crippen LogP contribution in [0.5, 0.6) is 0 Å². The van der Waals surface area contributed by atoms with Crippen molar-refractivity contribution < 1.29 is 4.74 Å². The van der Waals surface area contributed by atoms with Crippen LogP contribution in [0, 0.1) is 5.92 Å². The standard InChI is InChI=1S/C10H16O/c1-3-8(2)7-10-6-4-5-9(10)11-10/h4-5,8-9H,3,6-7H2,1-2H3. The molecule has 3 unspecified atom stereocenters. The number of hydrogen-bond acceptors (Lipinski definition) is 1. The van der Waals surface area contributed by atoms with Gasteiger partial charge in [-0.05, 0) is 18.8 Å². The highest BCUT2D eigenvalue weighted by molar-refractivity contribution is 5.22. The fourth-order valence-electron chi connectivity index (χ4n) is 1.97. The molecule has 0 aromatic heterocycles. The maximum absolute atomic E-state index is 5.63. The van der Waals surface area contributed by atoms with E-state index in [9.17, 15) is 0 Å². The Labute approximate surface area is 68.4 Å². The Hall–Kier alpha value is -0.300. The Bertz CT molecular complexity index is 185. The molecule has 2 rings (SSSR count). The van der Waals surface area contributed by atoms with E-state index < -0.39 is 0 Å². The number of ether oxygens (including phenoxy) is 1. The monoisotopic (exact) mass is 152 g/mol. The Morgan fingerprint density at radius 1 is 1.73 bits per heavy atom. The zero-order chi connectivity index (χ0) is 7.90. The fraction of sp³-hybridized carbons (Fsp3) is 0.800. The van der Waals surface area contributed by atoms with Crippen molar-refractivity contribution in [3.05, 3.63) is 12.2 Å². The van der Waals surface area contributed by atoms with Gasteiger partial charge in [-0.2, -0.15) is 0 Å². The first-order valence-corrected chi connectivity index (χ1v) is 4.61. The molecule has 0 spiro atoms. The molecule has 0 saturated carbocycles. The molecule has 0 amide bonds. The summed E-state index contributed by atoms with van der Waals surface area (Å²) in [6.07, 6.45) is 8.64. The van der Waals surface area contributed by atoms with E-state index >= 15 is 0 Å². The molecular formula is C10H16O. The zero-order valence-electron chi connectivity index (χ0n) is 7.34. The lowest BCUT2D eigenvalue weighted by atomic mass is 9.92. The molecule has 1 aliphatic heterocycles. The van der Waals surface area contributed by atoms with E-state index in [1.807, 2.05) is 0 Å². The second kappa shape index (κ2) is 2.34. The molecule has 0 radical (unpaired) electrons. The van der Waals surface area contributed by atoms with Gasteiger partial charge in [0.15, 0.2) is 0 Å². The van der Waals surface area contributed by atoms with Gasteiger partial charge >= 0.3 is 0 Å². The van der Waals surface area contributed by atoms with Crippen molar-refractivity contribution in [2.24, 2.45) is 5.92 Å². The zero-order valence-corrected chi connectivity index (χ0v) is 7.34. The summed E-state index contributed by atoms with van der Waals surface area (Å²) in [6, 6.07) is 0. The molecule has 11 heavy (non-hydrogen) atoms. The Morgan fingerprint density at radius 3 is 3.00 bits per heavy atom. The SMILES string of the molecule is CCC(C)CC12CC=CC1O2. The van der Waals surface area contributed by atoms with E-state index in [4.69, 9.17) is 4.74 Å². The summed E-state index contributed by atoms with van der Waals surface area (Å²) in [7, 11) is 0. The van der Waals surface area contributed by atoms with Crippen molar-refractivity contribution in [1.82, 2.24) is 0 Å². The van der Waals surface area contributed by atoms with Crippen LogP contribution in [0.15, 0.2) is 12.2 Å². The average Bonchev–Trinajstić information content (AvgIpc) is 2.53. The van der Waals surface area contributed by atoms with Crippen LogP contribution in [0.1, 0.15) is 33.1 Å². The third-order valence-electron chi connectivity index (χ3n) is 2.99. The molecule has 3 atom stereocenters. The summed E-state index contributed by atoms with van der Waals surface area (Å²) in [6.45, 7) is 4.56. The van der Waals surface area contributed by atoms with Gasteiger partial charge in [0.05, 0.1) is 0 Å². The molecule has 1 heterocycles. The van der Waals surface area contributed by atoms with Crippen LogP contribution in [0.2, 0.25) is 0 Å². The van der Waals surface area contributed by atoms with Gasteiger partial charge in [-0.3, -0.25) is 0 Å². The molecule has 1 aliphatic carbocycles. The maximum atomic E-state index is 5.63. The Balaban J connectivity index is 1.89. The molecule has 0 aromatic carbocycles.